The summed E-state index contributed by atoms with van der Waals surface area (Å²) < 4.78 is 7.04. The van der Waals surface area contributed by atoms with Gasteiger partial charge in [0.1, 0.15) is 5.82 Å². The van der Waals surface area contributed by atoms with Gasteiger partial charge in [-0.1, -0.05) is 44.0 Å². The molecule has 0 bridgehead atoms. The second-order valence-electron chi connectivity index (χ2n) is 8.88. The number of amides is 1. The molecule has 0 spiro atoms. The van der Waals surface area contributed by atoms with Crippen LogP contribution in [0.3, 0.4) is 0 Å². The summed E-state index contributed by atoms with van der Waals surface area (Å²) in [4.78, 5) is 44.3. The summed E-state index contributed by atoms with van der Waals surface area (Å²) in [5, 5.41) is 0.491. The summed E-state index contributed by atoms with van der Waals surface area (Å²) in [5.41, 5.74) is 2.96. The van der Waals surface area contributed by atoms with Gasteiger partial charge < -0.3 is 9.64 Å². The van der Waals surface area contributed by atoms with Crippen molar-refractivity contribution in [1.29, 1.82) is 0 Å². The zero-order chi connectivity index (χ0) is 24.1. The molecule has 1 amide bonds. The Morgan fingerprint density at radius 1 is 1.03 bits per heavy atom. The fourth-order valence-electron chi connectivity index (χ4n) is 4.29. The number of hydrogen-bond donors (Lipinski definition) is 0. The third kappa shape index (κ3) is 5.35. The van der Waals surface area contributed by atoms with Crippen molar-refractivity contribution >= 4 is 22.8 Å². The average Bonchev–Trinajstić information content (AvgIpc) is 2.83. The van der Waals surface area contributed by atoms with Crippen LogP contribution in [0.2, 0.25) is 0 Å². The van der Waals surface area contributed by atoms with E-state index in [9.17, 15) is 14.4 Å². The van der Waals surface area contributed by atoms with E-state index < -0.39 is 5.97 Å². The van der Waals surface area contributed by atoms with Crippen molar-refractivity contribution < 1.29 is 14.3 Å². The van der Waals surface area contributed by atoms with Gasteiger partial charge in [0.05, 0.1) is 16.5 Å². The summed E-state index contributed by atoms with van der Waals surface area (Å²) in [6, 6.07) is 12.9. The molecule has 1 aliphatic rings. The molecule has 7 nitrogen and oxygen atoms in total. The number of nitrogens with zero attached hydrogens (tertiary/aromatic N) is 3. The standard InChI is InChI=1S/C27H31N3O4/c1-3-19-9-11-20(12-10-19)17-29(2)25(31)18-34-27(33)21-13-14-22-23(16-21)28-24-8-6-4-5-7-15-30(24)26(22)32/h9-14,16H,3-8,15,17-18H2,1-2H3. The highest BCUT2D eigenvalue weighted by Crippen LogP contribution is 2.17. The third-order valence-electron chi connectivity index (χ3n) is 6.41. The summed E-state index contributed by atoms with van der Waals surface area (Å²) >= 11 is 0. The zero-order valence-electron chi connectivity index (χ0n) is 19.9. The number of hydrogen-bond acceptors (Lipinski definition) is 5. The fraction of sp³-hybridized carbons (Fsp3) is 0.407. The van der Waals surface area contributed by atoms with E-state index in [1.807, 2.05) is 24.3 Å². The number of benzene rings is 2. The van der Waals surface area contributed by atoms with E-state index in [1.165, 1.54) is 10.5 Å². The quantitative estimate of drug-likeness (QED) is 0.520. The molecular formula is C27H31N3O4. The molecular weight excluding hydrogens is 430 g/mol. The highest BCUT2D eigenvalue weighted by atomic mass is 16.5. The Labute approximate surface area is 199 Å². The number of aryl methyl sites for hydroxylation is 2. The zero-order valence-corrected chi connectivity index (χ0v) is 19.9. The predicted molar refractivity (Wildman–Crippen MR) is 131 cm³/mol. The molecule has 0 fully saturated rings. The Balaban J connectivity index is 1.42. The molecule has 2 aromatic carbocycles. The van der Waals surface area contributed by atoms with Gasteiger partial charge in [0.2, 0.25) is 0 Å². The lowest BCUT2D eigenvalue weighted by atomic mass is 10.1. The van der Waals surface area contributed by atoms with E-state index in [0.29, 0.717) is 24.0 Å². The van der Waals surface area contributed by atoms with Gasteiger partial charge in [-0.15, -0.1) is 0 Å². The highest BCUT2D eigenvalue weighted by Gasteiger charge is 2.17. The summed E-state index contributed by atoms with van der Waals surface area (Å²) in [7, 11) is 1.69. The van der Waals surface area contributed by atoms with Crippen LogP contribution in [0.4, 0.5) is 0 Å². The van der Waals surface area contributed by atoms with Gasteiger partial charge in [0.25, 0.3) is 11.5 Å². The van der Waals surface area contributed by atoms with Gasteiger partial charge in [-0.3, -0.25) is 14.2 Å². The summed E-state index contributed by atoms with van der Waals surface area (Å²) in [5.74, 6) is -0.123. The first-order valence-electron chi connectivity index (χ1n) is 12.0. The van der Waals surface area contributed by atoms with Crippen LogP contribution in [-0.2, 0) is 35.5 Å². The lowest BCUT2D eigenvalue weighted by Gasteiger charge is -2.18. The first-order chi connectivity index (χ1) is 16.5. The maximum Gasteiger partial charge on any atom is 0.338 e. The largest absolute Gasteiger partial charge is 0.452 e. The molecule has 0 saturated heterocycles. The van der Waals surface area contributed by atoms with E-state index in [2.05, 4.69) is 11.9 Å². The van der Waals surface area contributed by atoms with E-state index in [4.69, 9.17) is 4.74 Å². The number of ether oxygens (including phenoxy) is 1. The van der Waals surface area contributed by atoms with Gasteiger partial charge in [-0.2, -0.15) is 0 Å². The average molecular weight is 462 g/mol. The van der Waals surface area contributed by atoms with Crippen molar-refractivity contribution in [2.24, 2.45) is 0 Å². The number of aromatic nitrogens is 2. The Morgan fingerprint density at radius 2 is 1.76 bits per heavy atom. The minimum atomic E-state index is -0.607. The molecule has 1 aromatic heterocycles. The number of carbonyl (C=O) groups excluding carboxylic acids is 2. The summed E-state index contributed by atoms with van der Waals surface area (Å²) in [6.45, 7) is 2.87. The van der Waals surface area contributed by atoms with Crippen LogP contribution in [0.5, 0.6) is 0 Å². The van der Waals surface area contributed by atoms with E-state index in [-0.39, 0.29) is 23.6 Å². The van der Waals surface area contributed by atoms with Gasteiger partial charge in [-0.05, 0) is 48.6 Å². The lowest BCUT2D eigenvalue weighted by molar-refractivity contribution is -0.133. The number of rotatable bonds is 6. The van der Waals surface area contributed by atoms with Crippen LogP contribution in [0.15, 0.2) is 47.3 Å². The monoisotopic (exact) mass is 461 g/mol. The Hall–Kier alpha value is -3.48. The lowest BCUT2D eigenvalue weighted by Crippen LogP contribution is -2.30. The minimum absolute atomic E-state index is 0.0643. The molecule has 34 heavy (non-hydrogen) atoms. The van der Waals surface area contributed by atoms with Crippen molar-refractivity contribution in [2.45, 2.75) is 58.5 Å². The molecule has 0 saturated carbocycles. The summed E-state index contributed by atoms with van der Waals surface area (Å²) in [6.07, 6.45) is 5.93. The number of esters is 1. The smallest absolute Gasteiger partial charge is 0.338 e. The first-order valence-corrected chi connectivity index (χ1v) is 12.0. The Bertz CT molecular complexity index is 1250. The van der Waals surface area contributed by atoms with Gasteiger partial charge in [0, 0.05) is 26.6 Å². The Morgan fingerprint density at radius 3 is 2.53 bits per heavy atom. The molecule has 0 unspecified atom stereocenters. The van der Waals surface area contributed by atoms with Gasteiger partial charge >= 0.3 is 5.97 Å². The maximum atomic E-state index is 13.0. The van der Waals surface area contributed by atoms with Crippen LogP contribution in [-0.4, -0.2) is 40.0 Å². The molecule has 2 heterocycles. The molecule has 0 radical (unpaired) electrons. The normalized spacial score (nSPS) is 13.6. The van der Waals surface area contributed by atoms with Crippen molar-refractivity contribution in [3.8, 4) is 0 Å². The first kappa shape index (κ1) is 23.7. The molecule has 4 rings (SSSR count). The molecule has 3 aromatic rings. The third-order valence-corrected chi connectivity index (χ3v) is 6.41. The second-order valence-corrected chi connectivity index (χ2v) is 8.88. The van der Waals surface area contributed by atoms with E-state index >= 15 is 0 Å². The minimum Gasteiger partial charge on any atom is -0.452 e. The molecule has 0 N–H and O–H groups in total. The van der Waals surface area contributed by atoms with Crippen LogP contribution in [0.1, 0.15) is 59.9 Å². The second kappa shape index (κ2) is 10.6. The van der Waals surface area contributed by atoms with Crippen molar-refractivity contribution in [3.63, 3.8) is 0 Å². The number of likely N-dealkylation sites (N-methyl/N-ethyl adjacent to an activating group) is 1. The molecule has 0 atom stereocenters. The van der Waals surface area contributed by atoms with Gasteiger partial charge in [-0.25, -0.2) is 9.78 Å². The molecule has 7 heteroatoms. The SMILES string of the molecule is CCc1ccc(CN(C)C(=O)COC(=O)c2ccc3c(=O)n4c(nc3c2)CCCCCC4)cc1. The van der Waals surface area contributed by atoms with Crippen molar-refractivity contribution in [2.75, 3.05) is 13.7 Å². The maximum absolute atomic E-state index is 13.0. The van der Waals surface area contributed by atoms with Gasteiger partial charge in [0.15, 0.2) is 6.61 Å². The predicted octanol–water partition coefficient (Wildman–Crippen LogP) is 3.89. The Kier molecular flexibility index (Phi) is 7.40. The number of fused-ring (bicyclic) bond motifs is 2. The van der Waals surface area contributed by atoms with E-state index in [0.717, 1.165) is 49.9 Å². The topological polar surface area (TPSA) is 81.5 Å². The molecule has 1 aliphatic heterocycles. The van der Waals surface area contributed by atoms with E-state index in [1.54, 1.807) is 29.8 Å². The molecule has 178 valence electrons. The number of carbonyl (C=O) groups is 2. The van der Waals surface area contributed by atoms with Crippen LogP contribution >= 0.6 is 0 Å². The van der Waals surface area contributed by atoms with Crippen LogP contribution in [0, 0.1) is 0 Å². The van der Waals surface area contributed by atoms with Crippen LogP contribution < -0.4 is 5.56 Å². The fourth-order valence-corrected chi connectivity index (χ4v) is 4.29. The molecule has 0 aliphatic carbocycles. The van der Waals surface area contributed by atoms with Crippen LogP contribution in [0.25, 0.3) is 10.9 Å². The highest BCUT2D eigenvalue weighted by molar-refractivity contribution is 5.95. The van der Waals surface area contributed by atoms with Crippen molar-refractivity contribution in [3.05, 3.63) is 75.3 Å². The van der Waals surface area contributed by atoms with Crippen molar-refractivity contribution in [1.82, 2.24) is 14.5 Å².